The molecule has 0 radical (unpaired) electrons. The lowest BCUT2D eigenvalue weighted by Crippen LogP contribution is -2.27. The molecule has 0 fully saturated rings. The van der Waals surface area contributed by atoms with Gasteiger partial charge in [0.2, 0.25) is 5.91 Å². The van der Waals surface area contributed by atoms with Crippen LogP contribution in [-0.4, -0.2) is 46.7 Å². The number of amides is 1. The number of halogens is 1. The average molecular weight is 383 g/mol. The van der Waals surface area contributed by atoms with Crippen LogP contribution in [-0.2, 0) is 16.1 Å². The van der Waals surface area contributed by atoms with Crippen molar-refractivity contribution in [2.45, 2.75) is 31.5 Å². The van der Waals surface area contributed by atoms with Crippen LogP contribution in [0.15, 0.2) is 29.4 Å². The Kier molecular flexibility index (Phi) is 8.24. The van der Waals surface area contributed by atoms with Crippen molar-refractivity contribution < 1.29 is 9.53 Å². The van der Waals surface area contributed by atoms with Crippen molar-refractivity contribution in [2.75, 3.05) is 26.0 Å². The van der Waals surface area contributed by atoms with E-state index in [9.17, 15) is 4.79 Å². The van der Waals surface area contributed by atoms with E-state index in [-0.39, 0.29) is 5.91 Å². The van der Waals surface area contributed by atoms with E-state index < -0.39 is 0 Å². The molecule has 1 amide bonds. The molecule has 0 aliphatic rings. The molecule has 2 rings (SSSR count). The molecule has 0 saturated heterocycles. The topological polar surface area (TPSA) is 69.0 Å². The molecule has 0 aliphatic carbocycles. The molecule has 0 bridgehead atoms. The van der Waals surface area contributed by atoms with Crippen molar-refractivity contribution in [1.82, 2.24) is 20.1 Å². The Labute approximate surface area is 157 Å². The van der Waals surface area contributed by atoms with Gasteiger partial charge in [0, 0.05) is 37.4 Å². The molecule has 0 spiro atoms. The minimum Gasteiger partial charge on any atom is -0.385 e. The summed E-state index contributed by atoms with van der Waals surface area (Å²) >= 11 is 7.35. The van der Waals surface area contributed by atoms with E-state index in [4.69, 9.17) is 16.3 Å². The SMILES string of the molecule is CCCn1c(SCC(=O)NCCCOC)nnc1-c1ccc(Cl)cc1. The molecule has 0 atom stereocenters. The van der Waals surface area contributed by atoms with E-state index in [0.717, 1.165) is 35.9 Å². The fourth-order valence-corrected chi connectivity index (χ4v) is 3.18. The molecule has 0 unspecified atom stereocenters. The van der Waals surface area contributed by atoms with E-state index in [2.05, 4.69) is 22.4 Å². The van der Waals surface area contributed by atoms with Gasteiger partial charge in [-0.3, -0.25) is 4.79 Å². The standard InChI is InChI=1S/C17H23ClN4O2S/c1-3-10-22-16(13-5-7-14(18)8-6-13)20-21-17(22)25-12-15(23)19-9-4-11-24-2/h5-8H,3-4,9-12H2,1-2H3,(H,19,23). The number of ether oxygens (including phenoxy) is 1. The Morgan fingerprint density at radius 1 is 1.32 bits per heavy atom. The second-order valence-corrected chi connectivity index (χ2v) is 6.83. The third-order valence-electron chi connectivity index (χ3n) is 3.45. The second-order valence-electron chi connectivity index (χ2n) is 5.45. The number of thioether (sulfide) groups is 1. The summed E-state index contributed by atoms with van der Waals surface area (Å²) < 4.78 is 7.01. The minimum absolute atomic E-state index is 0.0137. The maximum absolute atomic E-state index is 11.9. The Morgan fingerprint density at radius 3 is 2.76 bits per heavy atom. The van der Waals surface area contributed by atoms with Gasteiger partial charge in [0.25, 0.3) is 0 Å². The monoisotopic (exact) mass is 382 g/mol. The van der Waals surface area contributed by atoms with Crippen LogP contribution < -0.4 is 5.32 Å². The van der Waals surface area contributed by atoms with E-state index in [1.807, 2.05) is 28.8 Å². The van der Waals surface area contributed by atoms with Gasteiger partial charge in [-0.2, -0.15) is 0 Å². The number of aromatic nitrogens is 3. The van der Waals surface area contributed by atoms with Crippen LogP contribution in [0.5, 0.6) is 0 Å². The van der Waals surface area contributed by atoms with E-state index in [1.165, 1.54) is 11.8 Å². The van der Waals surface area contributed by atoms with Gasteiger partial charge < -0.3 is 14.6 Å². The lowest BCUT2D eigenvalue weighted by atomic mass is 10.2. The van der Waals surface area contributed by atoms with E-state index in [1.54, 1.807) is 7.11 Å². The molecule has 2 aromatic rings. The normalized spacial score (nSPS) is 10.8. The summed E-state index contributed by atoms with van der Waals surface area (Å²) in [5, 5.41) is 12.9. The predicted octanol–water partition coefficient (Wildman–Crippen LogP) is 3.25. The van der Waals surface area contributed by atoms with Gasteiger partial charge >= 0.3 is 0 Å². The molecule has 1 aromatic carbocycles. The zero-order chi connectivity index (χ0) is 18.1. The van der Waals surface area contributed by atoms with Crippen LogP contribution in [0.2, 0.25) is 5.02 Å². The summed E-state index contributed by atoms with van der Waals surface area (Å²) in [6.07, 6.45) is 1.76. The zero-order valence-electron chi connectivity index (χ0n) is 14.5. The zero-order valence-corrected chi connectivity index (χ0v) is 16.1. The van der Waals surface area contributed by atoms with Crippen molar-refractivity contribution in [3.05, 3.63) is 29.3 Å². The highest BCUT2D eigenvalue weighted by Gasteiger charge is 2.15. The Balaban J connectivity index is 2.01. The first-order valence-electron chi connectivity index (χ1n) is 8.23. The number of methoxy groups -OCH3 is 1. The van der Waals surface area contributed by atoms with Crippen LogP contribution in [0, 0.1) is 0 Å². The molecule has 0 aliphatic heterocycles. The third-order valence-corrected chi connectivity index (χ3v) is 4.66. The predicted molar refractivity (Wildman–Crippen MR) is 101 cm³/mol. The quantitative estimate of drug-likeness (QED) is 0.504. The summed E-state index contributed by atoms with van der Waals surface area (Å²) in [6.45, 7) is 4.15. The number of nitrogens with one attached hydrogen (secondary N) is 1. The highest BCUT2D eigenvalue weighted by Crippen LogP contribution is 2.25. The molecule has 136 valence electrons. The van der Waals surface area contributed by atoms with Gasteiger partial charge in [0.15, 0.2) is 11.0 Å². The number of hydrogen-bond donors (Lipinski definition) is 1. The van der Waals surface area contributed by atoms with Crippen molar-refractivity contribution in [2.24, 2.45) is 0 Å². The Hall–Kier alpha value is -1.57. The van der Waals surface area contributed by atoms with Crippen LogP contribution in [0.25, 0.3) is 11.4 Å². The number of nitrogens with zero attached hydrogens (tertiary/aromatic N) is 3. The lowest BCUT2D eigenvalue weighted by molar-refractivity contribution is -0.118. The van der Waals surface area contributed by atoms with E-state index >= 15 is 0 Å². The summed E-state index contributed by atoms with van der Waals surface area (Å²) in [6, 6.07) is 7.52. The van der Waals surface area contributed by atoms with Crippen LogP contribution in [0.3, 0.4) is 0 Å². The van der Waals surface area contributed by atoms with Crippen molar-refractivity contribution >= 4 is 29.3 Å². The van der Waals surface area contributed by atoms with Gasteiger partial charge in [0.1, 0.15) is 0 Å². The van der Waals surface area contributed by atoms with Gasteiger partial charge in [-0.25, -0.2) is 0 Å². The minimum atomic E-state index is -0.0137. The molecule has 0 saturated carbocycles. The van der Waals surface area contributed by atoms with Gasteiger partial charge in [-0.05, 0) is 37.1 Å². The Bertz CT molecular complexity index is 676. The highest BCUT2D eigenvalue weighted by atomic mass is 35.5. The number of carbonyl (C=O) groups is 1. The van der Waals surface area contributed by atoms with Crippen molar-refractivity contribution in [1.29, 1.82) is 0 Å². The molecule has 8 heteroatoms. The summed E-state index contributed by atoms with van der Waals surface area (Å²) in [4.78, 5) is 11.9. The van der Waals surface area contributed by atoms with Crippen LogP contribution in [0.4, 0.5) is 0 Å². The van der Waals surface area contributed by atoms with Crippen molar-refractivity contribution in [3.8, 4) is 11.4 Å². The first kappa shape index (κ1) is 19.8. The van der Waals surface area contributed by atoms with Crippen LogP contribution in [0.1, 0.15) is 19.8 Å². The first-order valence-corrected chi connectivity index (χ1v) is 9.59. The summed E-state index contributed by atoms with van der Waals surface area (Å²) in [5.74, 6) is 1.09. The number of rotatable bonds is 10. The Morgan fingerprint density at radius 2 is 2.08 bits per heavy atom. The molecule has 1 aromatic heterocycles. The molecule has 25 heavy (non-hydrogen) atoms. The van der Waals surface area contributed by atoms with Gasteiger partial charge in [-0.15, -0.1) is 10.2 Å². The highest BCUT2D eigenvalue weighted by molar-refractivity contribution is 7.99. The van der Waals surface area contributed by atoms with E-state index in [0.29, 0.717) is 23.9 Å². The van der Waals surface area contributed by atoms with Crippen molar-refractivity contribution in [3.63, 3.8) is 0 Å². The fraction of sp³-hybridized carbons (Fsp3) is 0.471. The largest absolute Gasteiger partial charge is 0.385 e. The molecule has 1 N–H and O–H groups in total. The molecular weight excluding hydrogens is 360 g/mol. The maximum atomic E-state index is 11.9. The first-order chi connectivity index (χ1) is 12.2. The molecule has 6 nitrogen and oxygen atoms in total. The number of carbonyl (C=O) groups excluding carboxylic acids is 1. The molecule has 1 heterocycles. The number of hydrogen-bond acceptors (Lipinski definition) is 5. The van der Waals surface area contributed by atoms with Crippen LogP contribution >= 0.6 is 23.4 Å². The third kappa shape index (κ3) is 6.02. The second kappa shape index (κ2) is 10.4. The lowest BCUT2D eigenvalue weighted by Gasteiger charge is -2.09. The summed E-state index contributed by atoms with van der Waals surface area (Å²) in [7, 11) is 1.65. The smallest absolute Gasteiger partial charge is 0.230 e. The number of benzene rings is 1. The summed E-state index contributed by atoms with van der Waals surface area (Å²) in [5.41, 5.74) is 0.959. The van der Waals surface area contributed by atoms with Gasteiger partial charge in [-0.1, -0.05) is 30.3 Å². The average Bonchev–Trinajstić information content (AvgIpc) is 3.01. The van der Waals surface area contributed by atoms with Gasteiger partial charge in [0.05, 0.1) is 5.75 Å². The maximum Gasteiger partial charge on any atom is 0.230 e. The fourth-order valence-electron chi connectivity index (χ4n) is 2.26. The molecular formula is C17H23ClN4O2S.